The summed E-state index contributed by atoms with van der Waals surface area (Å²) in [7, 11) is 0. The molecule has 14 heavy (non-hydrogen) atoms. The minimum Gasteiger partial charge on any atom is -0.368 e. The number of hydrogen-bond donors (Lipinski definition) is 1. The fraction of sp³-hybridized carbons (Fsp3) is 0.600. The highest BCUT2D eigenvalue weighted by Gasteiger charge is 2.39. The molecule has 1 aliphatic carbocycles. The Labute approximate surface area is 82.7 Å². The third-order valence-corrected chi connectivity index (χ3v) is 2.96. The van der Waals surface area contributed by atoms with Crippen LogP contribution >= 0.6 is 0 Å². The van der Waals surface area contributed by atoms with E-state index in [2.05, 4.69) is 6.08 Å². The van der Waals surface area contributed by atoms with Crippen molar-refractivity contribution >= 4 is 11.8 Å². The third kappa shape index (κ3) is 1.52. The molecule has 1 aliphatic heterocycles. The Kier molecular flexibility index (Phi) is 2.27. The van der Waals surface area contributed by atoms with E-state index in [1.807, 2.05) is 6.08 Å². The molecule has 0 spiro atoms. The van der Waals surface area contributed by atoms with E-state index < -0.39 is 5.91 Å². The number of likely N-dealkylation sites (tertiary alicyclic amines) is 1. The molecule has 0 bridgehead atoms. The third-order valence-electron chi connectivity index (χ3n) is 2.96. The van der Waals surface area contributed by atoms with E-state index in [1.165, 1.54) is 0 Å². The molecule has 2 unspecified atom stereocenters. The van der Waals surface area contributed by atoms with Crippen molar-refractivity contribution in [3.8, 4) is 0 Å². The van der Waals surface area contributed by atoms with Crippen molar-refractivity contribution < 1.29 is 9.59 Å². The highest BCUT2D eigenvalue weighted by molar-refractivity contribution is 5.86. The van der Waals surface area contributed by atoms with Crippen LogP contribution in [-0.2, 0) is 9.59 Å². The van der Waals surface area contributed by atoms with Crippen LogP contribution in [0, 0.1) is 5.92 Å². The molecule has 4 heteroatoms. The number of nitrogens with zero attached hydrogens (tertiary/aromatic N) is 1. The molecule has 2 aliphatic rings. The highest BCUT2D eigenvalue weighted by Crippen LogP contribution is 2.32. The number of rotatable bonds is 2. The van der Waals surface area contributed by atoms with Gasteiger partial charge in [-0.15, -0.1) is 0 Å². The first-order valence-corrected chi connectivity index (χ1v) is 4.93. The lowest BCUT2D eigenvalue weighted by atomic mass is 9.90. The zero-order valence-corrected chi connectivity index (χ0v) is 7.98. The first-order valence-electron chi connectivity index (χ1n) is 4.93. The molecule has 2 rings (SSSR count). The topological polar surface area (TPSA) is 63.4 Å². The lowest BCUT2D eigenvalue weighted by Crippen LogP contribution is -2.40. The van der Waals surface area contributed by atoms with Crippen LogP contribution in [0.25, 0.3) is 0 Å². The van der Waals surface area contributed by atoms with Crippen molar-refractivity contribution in [3.05, 3.63) is 12.2 Å². The van der Waals surface area contributed by atoms with Gasteiger partial charge in [0.05, 0.1) is 12.6 Å². The largest absolute Gasteiger partial charge is 0.368 e. The van der Waals surface area contributed by atoms with E-state index in [-0.39, 0.29) is 18.5 Å². The van der Waals surface area contributed by atoms with Crippen LogP contribution in [0.15, 0.2) is 12.2 Å². The van der Waals surface area contributed by atoms with E-state index in [0.29, 0.717) is 12.3 Å². The molecule has 0 saturated carbocycles. The van der Waals surface area contributed by atoms with Gasteiger partial charge in [0.15, 0.2) is 0 Å². The maximum absolute atomic E-state index is 11.6. The van der Waals surface area contributed by atoms with Gasteiger partial charge >= 0.3 is 0 Å². The summed E-state index contributed by atoms with van der Waals surface area (Å²) < 4.78 is 0. The number of allylic oxidation sites excluding steroid dienone is 1. The first kappa shape index (κ1) is 9.24. The van der Waals surface area contributed by atoms with Crippen LogP contribution in [0.4, 0.5) is 0 Å². The van der Waals surface area contributed by atoms with E-state index >= 15 is 0 Å². The van der Waals surface area contributed by atoms with Gasteiger partial charge in [-0.1, -0.05) is 12.2 Å². The summed E-state index contributed by atoms with van der Waals surface area (Å²) in [5.74, 6) is 0.0233. The zero-order chi connectivity index (χ0) is 10.1. The average Bonchev–Trinajstić information content (AvgIpc) is 2.43. The Morgan fingerprint density at radius 2 is 2.43 bits per heavy atom. The summed E-state index contributed by atoms with van der Waals surface area (Å²) in [6.07, 6.45) is 6.76. The van der Waals surface area contributed by atoms with Crippen molar-refractivity contribution in [2.24, 2.45) is 11.7 Å². The first-order chi connectivity index (χ1) is 6.68. The number of amides is 2. The molecule has 2 atom stereocenters. The summed E-state index contributed by atoms with van der Waals surface area (Å²) in [5, 5.41) is 0. The predicted molar refractivity (Wildman–Crippen MR) is 51.2 cm³/mol. The summed E-state index contributed by atoms with van der Waals surface area (Å²) >= 11 is 0. The van der Waals surface area contributed by atoms with Gasteiger partial charge in [0.25, 0.3) is 0 Å². The molecular formula is C10H14N2O2. The maximum atomic E-state index is 11.6. The SMILES string of the molecule is NC(=O)CN1C(=O)CC2CCC=CC21. The van der Waals surface area contributed by atoms with Crippen LogP contribution in [0.5, 0.6) is 0 Å². The number of carbonyl (C=O) groups excluding carboxylic acids is 2. The fourth-order valence-corrected chi connectivity index (χ4v) is 2.32. The van der Waals surface area contributed by atoms with Crippen molar-refractivity contribution in [1.29, 1.82) is 0 Å². The van der Waals surface area contributed by atoms with Gasteiger partial charge in [-0.3, -0.25) is 9.59 Å². The van der Waals surface area contributed by atoms with Crippen LogP contribution < -0.4 is 5.73 Å². The standard InChI is InChI=1S/C10H14N2O2/c11-9(13)6-12-8-4-2-1-3-7(8)5-10(12)14/h2,4,7-8H,1,3,5-6H2,(H2,11,13). The molecule has 0 aromatic rings. The Morgan fingerprint density at radius 3 is 3.14 bits per heavy atom. The van der Waals surface area contributed by atoms with Crippen LogP contribution in [0.1, 0.15) is 19.3 Å². The monoisotopic (exact) mass is 194 g/mol. The summed E-state index contributed by atoms with van der Waals surface area (Å²) in [6, 6.07) is 0.115. The normalized spacial score (nSPS) is 30.6. The molecular weight excluding hydrogens is 180 g/mol. The minimum atomic E-state index is -0.432. The number of fused-ring (bicyclic) bond motifs is 1. The number of primary amides is 1. The molecule has 1 fully saturated rings. The smallest absolute Gasteiger partial charge is 0.237 e. The molecule has 1 heterocycles. The molecule has 2 amide bonds. The van der Waals surface area contributed by atoms with Gasteiger partial charge in [0, 0.05) is 6.42 Å². The van der Waals surface area contributed by atoms with Gasteiger partial charge in [-0.05, 0) is 18.8 Å². The molecule has 0 aromatic heterocycles. The fourth-order valence-electron chi connectivity index (χ4n) is 2.32. The molecule has 2 N–H and O–H groups in total. The van der Waals surface area contributed by atoms with Crippen molar-refractivity contribution in [3.63, 3.8) is 0 Å². The Balaban J connectivity index is 2.14. The van der Waals surface area contributed by atoms with E-state index in [0.717, 1.165) is 12.8 Å². The van der Waals surface area contributed by atoms with Crippen LogP contribution in [0.2, 0.25) is 0 Å². The number of nitrogens with two attached hydrogens (primary N) is 1. The van der Waals surface area contributed by atoms with Crippen molar-refractivity contribution in [1.82, 2.24) is 4.90 Å². The molecule has 0 radical (unpaired) electrons. The average molecular weight is 194 g/mol. The predicted octanol–water partition coefficient (Wildman–Crippen LogP) is 0.0388. The lowest BCUT2D eigenvalue weighted by molar-refractivity contribution is -0.132. The Hall–Kier alpha value is -1.32. The number of carbonyl (C=O) groups is 2. The second-order valence-electron chi connectivity index (χ2n) is 3.95. The Bertz CT molecular complexity index is 298. The minimum absolute atomic E-state index is 0.0599. The van der Waals surface area contributed by atoms with E-state index in [9.17, 15) is 9.59 Å². The molecule has 4 nitrogen and oxygen atoms in total. The van der Waals surface area contributed by atoms with Crippen LogP contribution in [-0.4, -0.2) is 29.3 Å². The molecule has 0 aromatic carbocycles. The van der Waals surface area contributed by atoms with Gasteiger partial charge in [0.1, 0.15) is 0 Å². The second-order valence-corrected chi connectivity index (χ2v) is 3.95. The molecule has 1 saturated heterocycles. The molecule has 76 valence electrons. The van der Waals surface area contributed by atoms with E-state index in [1.54, 1.807) is 4.90 Å². The lowest BCUT2D eigenvalue weighted by Gasteiger charge is -2.26. The second kappa shape index (κ2) is 3.44. The van der Waals surface area contributed by atoms with E-state index in [4.69, 9.17) is 5.73 Å². The Morgan fingerprint density at radius 1 is 1.64 bits per heavy atom. The van der Waals surface area contributed by atoms with Crippen molar-refractivity contribution in [2.75, 3.05) is 6.54 Å². The van der Waals surface area contributed by atoms with Gasteiger partial charge in [0.2, 0.25) is 11.8 Å². The zero-order valence-electron chi connectivity index (χ0n) is 7.98. The maximum Gasteiger partial charge on any atom is 0.237 e. The van der Waals surface area contributed by atoms with Gasteiger partial charge < -0.3 is 10.6 Å². The summed E-state index contributed by atoms with van der Waals surface area (Å²) in [5.41, 5.74) is 5.10. The quantitative estimate of drug-likeness (QED) is 0.631. The number of hydrogen-bond acceptors (Lipinski definition) is 2. The van der Waals surface area contributed by atoms with Crippen LogP contribution in [0.3, 0.4) is 0 Å². The summed E-state index contributed by atoms with van der Waals surface area (Å²) in [4.78, 5) is 23.9. The highest BCUT2D eigenvalue weighted by atomic mass is 16.2. The van der Waals surface area contributed by atoms with Gasteiger partial charge in [-0.25, -0.2) is 0 Å². The van der Waals surface area contributed by atoms with Gasteiger partial charge in [-0.2, -0.15) is 0 Å². The van der Waals surface area contributed by atoms with Crippen molar-refractivity contribution in [2.45, 2.75) is 25.3 Å². The summed E-state index contributed by atoms with van der Waals surface area (Å²) in [6.45, 7) is 0.0599.